The molecule has 0 radical (unpaired) electrons. The fourth-order valence-corrected chi connectivity index (χ4v) is 2.90. The summed E-state index contributed by atoms with van der Waals surface area (Å²) in [6, 6.07) is 6.41. The molecule has 0 aliphatic carbocycles. The molecule has 0 fully saturated rings. The van der Waals surface area contributed by atoms with Gasteiger partial charge in [0.25, 0.3) is 17.7 Å². The molecule has 24 heavy (non-hydrogen) atoms. The van der Waals surface area contributed by atoms with Crippen molar-refractivity contribution in [3.63, 3.8) is 0 Å². The van der Waals surface area contributed by atoms with E-state index < -0.39 is 5.91 Å². The van der Waals surface area contributed by atoms with E-state index in [1.807, 2.05) is 26.8 Å². The van der Waals surface area contributed by atoms with E-state index in [1.165, 1.54) is 19.2 Å². The van der Waals surface area contributed by atoms with Crippen LogP contribution in [0.3, 0.4) is 0 Å². The lowest BCUT2D eigenvalue weighted by molar-refractivity contribution is 0.0693. The average molecular weight is 323 g/mol. The molecule has 1 N–H and O–H groups in total. The summed E-state index contributed by atoms with van der Waals surface area (Å²) in [6.07, 6.45) is 0. The Kier molecular flexibility index (Phi) is 3.67. The highest BCUT2D eigenvalue weighted by Crippen LogP contribution is 2.24. The SMILES string of the molecule is Cc1cc(C)c(NC(=O)c2ccc3c(c2)C(=O)N(C)C3=O)c(C)n1. The first-order valence-electron chi connectivity index (χ1n) is 7.52. The van der Waals surface area contributed by atoms with E-state index >= 15 is 0 Å². The lowest BCUT2D eigenvalue weighted by Gasteiger charge is -2.12. The number of anilines is 1. The van der Waals surface area contributed by atoms with Gasteiger partial charge in [-0.3, -0.25) is 24.3 Å². The van der Waals surface area contributed by atoms with Crippen molar-refractivity contribution < 1.29 is 14.4 Å². The van der Waals surface area contributed by atoms with Gasteiger partial charge in [-0.25, -0.2) is 0 Å². The van der Waals surface area contributed by atoms with Crippen LogP contribution in [0.5, 0.6) is 0 Å². The second kappa shape index (κ2) is 5.56. The number of rotatable bonds is 2. The molecule has 2 aromatic rings. The highest BCUT2D eigenvalue weighted by atomic mass is 16.2. The fraction of sp³-hybridized carbons (Fsp3) is 0.222. The topological polar surface area (TPSA) is 79.4 Å². The fourth-order valence-electron chi connectivity index (χ4n) is 2.90. The molecule has 1 aromatic carbocycles. The van der Waals surface area contributed by atoms with Crippen LogP contribution < -0.4 is 5.32 Å². The van der Waals surface area contributed by atoms with Gasteiger partial charge < -0.3 is 5.32 Å². The second-order valence-corrected chi connectivity index (χ2v) is 5.92. The molecule has 0 bridgehead atoms. The number of amides is 3. The van der Waals surface area contributed by atoms with Crippen LogP contribution in [0.4, 0.5) is 5.69 Å². The summed E-state index contributed by atoms with van der Waals surface area (Å²) >= 11 is 0. The van der Waals surface area contributed by atoms with Crippen molar-refractivity contribution in [1.29, 1.82) is 0 Å². The second-order valence-electron chi connectivity index (χ2n) is 5.92. The Labute approximate surface area is 139 Å². The lowest BCUT2D eigenvalue weighted by atomic mass is 10.0. The molecule has 1 aliphatic rings. The zero-order valence-electron chi connectivity index (χ0n) is 13.9. The van der Waals surface area contributed by atoms with Gasteiger partial charge in [0, 0.05) is 18.3 Å². The van der Waals surface area contributed by atoms with Gasteiger partial charge in [0.1, 0.15) is 0 Å². The molecule has 0 atom stereocenters. The van der Waals surface area contributed by atoms with Gasteiger partial charge in [0.15, 0.2) is 0 Å². The minimum absolute atomic E-state index is 0.255. The van der Waals surface area contributed by atoms with Crippen LogP contribution in [0.15, 0.2) is 24.3 Å². The smallest absolute Gasteiger partial charge is 0.261 e. The maximum absolute atomic E-state index is 12.5. The van der Waals surface area contributed by atoms with Crippen molar-refractivity contribution in [2.45, 2.75) is 20.8 Å². The van der Waals surface area contributed by atoms with Gasteiger partial charge in [0.2, 0.25) is 0 Å². The monoisotopic (exact) mass is 323 g/mol. The van der Waals surface area contributed by atoms with Gasteiger partial charge in [-0.2, -0.15) is 0 Å². The molecule has 1 aromatic heterocycles. The first-order chi connectivity index (χ1) is 11.3. The van der Waals surface area contributed by atoms with Crippen molar-refractivity contribution in [3.8, 4) is 0 Å². The lowest BCUT2D eigenvalue weighted by Crippen LogP contribution is -2.24. The van der Waals surface area contributed by atoms with Crippen LogP contribution in [0.25, 0.3) is 0 Å². The van der Waals surface area contributed by atoms with Crippen LogP contribution >= 0.6 is 0 Å². The summed E-state index contributed by atoms with van der Waals surface area (Å²) in [5.41, 5.74) is 4.09. The van der Waals surface area contributed by atoms with Crippen molar-refractivity contribution in [2.24, 2.45) is 0 Å². The summed E-state index contributed by atoms with van der Waals surface area (Å²) in [5, 5.41) is 2.84. The number of pyridine rings is 1. The number of aromatic nitrogens is 1. The van der Waals surface area contributed by atoms with Crippen LogP contribution in [0.1, 0.15) is 48.0 Å². The molecule has 0 saturated heterocycles. The van der Waals surface area contributed by atoms with E-state index in [4.69, 9.17) is 0 Å². The molecule has 3 amide bonds. The molecule has 0 unspecified atom stereocenters. The molecule has 1 aliphatic heterocycles. The number of carbonyl (C=O) groups excluding carboxylic acids is 3. The number of hydrogen-bond acceptors (Lipinski definition) is 4. The van der Waals surface area contributed by atoms with Gasteiger partial charge in [-0.05, 0) is 50.6 Å². The molecule has 6 heteroatoms. The zero-order chi connectivity index (χ0) is 17.6. The minimum Gasteiger partial charge on any atom is -0.320 e. The van der Waals surface area contributed by atoms with Gasteiger partial charge >= 0.3 is 0 Å². The summed E-state index contributed by atoms with van der Waals surface area (Å²) in [4.78, 5) is 41.9. The third-order valence-electron chi connectivity index (χ3n) is 4.12. The van der Waals surface area contributed by atoms with Crippen molar-refractivity contribution in [1.82, 2.24) is 9.88 Å². The highest BCUT2D eigenvalue weighted by molar-refractivity contribution is 6.22. The third-order valence-corrected chi connectivity index (χ3v) is 4.12. The van der Waals surface area contributed by atoms with Crippen LogP contribution in [-0.4, -0.2) is 34.7 Å². The molecule has 122 valence electrons. The predicted molar refractivity (Wildman–Crippen MR) is 89.3 cm³/mol. The van der Waals surface area contributed by atoms with Gasteiger partial charge in [0.05, 0.1) is 22.5 Å². The van der Waals surface area contributed by atoms with E-state index in [0.29, 0.717) is 16.8 Å². The van der Waals surface area contributed by atoms with Crippen molar-refractivity contribution >= 4 is 23.4 Å². The minimum atomic E-state index is -0.394. The van der Waals surface area contributed by atoms with Crippen LogP contribution in [0.2, 0.25) is 0 Å². The molecule has 0 spiro atoms. The number of fused-ring (bicyclic) bond motifs is 1. The quantitative estimate of drug-likeness (QED) is 0.861. The Hall–Kier alpha value is -3.02. The first-order valence-corrected chi connectivity index (χ1v) is 7.52. The van der Waals surface area contributed by atoms with E-state index in [-0.39, 0.29) is 17.4 Å². The average Bonchev–Trinajstić information content (AvgIpc) is 2.75. The van der Waals surface area contributed by atoms with Gasteiger partial charge in [-0.1, -0.05) is 0 Å². The number of benzene rings is 1. The van der Waals surface area contributed by atoms with E-state index in [0.717, 1.165) is 21.9 Å². The van der Waals surface area contributed by atoms with Gasteiger partial charge in [-0.15, -0.1) is 0 Å². The maximum Gasteiger partial charge on any atom is 0.261 e. The Balaban J connectivity index is 1.93. The largest absolute Gasteiger partial charge is 0.320 e. The summed E-state index contributed by atoms with van der Waals surface area (Å²) in [6.45, 7) is 5.62. The molecular weight excluding hydrogens is 306 g/mol. The Morgan fingerprint density at radius 3 is 2.38 bits per heavy atom. The number of nitrogens with one attached hydrogen (secondary N) is 1. The Bertz CT molecular complexity index is 879. The Morgan fingerprint density at radius 2 is 1.71 bits per heavy atom. The van der Waals surface area contributed by atoms with E-state index in [1.54, 1.807) is 6.07 Å². The van der Waals surface area contributed by atoms with Crippen LogP contribution in [0, 0.1) is 20.8 Å². The molecule has 6 nitrogen and oxygen atoms in total. The number of aryl methyl sites for hydroxylation is 3. The third kappa shape index (κ3) is 2.46. The van der Waals surface area contributed by atoms with E-state index in [2.05, 4.69) is 10.3 Å². The zero-order valence-corrected chi connectivity index (χ0v) is 13.9. The summed E-state index contributed by atoms with van der Waals surface area (Å²) in [7, 11) is 1.43. The summed E-state index contributed by atoms with van der Waals surface area (Å²) < 4.78 is 0. The molecule has 2 heterocycles. The highest BCUT2D eigenvalue weighted by Gasteiger charge is 2.33. The van der Waals surface area contributed by atoms with Crippen molar-refractivity contribution in [2.75, 3.05) is 12.4 Å². The summed E-state index contributed by atoms with van der Waals surface area (Å²) in [5.74, 6) is -1.09. The Morgan fingerprint density at radius 1 is 1.04 bits per heavy atom. The molecule has 0 saturated carbocycles. The standard InChI is InChI=1S/C18H17N3O3/c1-9-7-10(2)19-11(3)15(9)20-16(22)12-5-6-13-14(8-12)18(24)21(4)17(13)23/h5-8H,1-4H3,(H,20,22). The predicted octanol–water partition coefficient (Wildman–Crippen LogP) is 2.48. The first kappa shape index (κ1) is 15.9. The number of imide groups is 1. The maximum atomic E-state index is 12.5. The van der Waals surface area contributed by atoms with E-state index in [9.17, 15) is 14.4 Å². The normalized spacial score (nSPS) is 13.2. The number of carbonyl (C=O) groups is 3. The number of nitrogens with zero attached hydrogens (tertiary/aromatic N) is 2. The van der Waals surface area contributed by atoms with Crippen LogP contribution in [-0.2, 0) is 0 Å². The molecule has 3 rings (SSSR count). The number of hydrogen-bond donors (Lipinski definition) is 1. The van der Waals surface area contributed by atoms with Crippen molar-refractivity contribution in [3.05, 3.63) is 57.9 Å². The molecular formula is C18H17N3O3.